The van der Waals surface area contributed by atoms with Gasteiger partial charge >= 0.3 is 0 Å². The van der Waals surface area contributed by atoms with E-state index in [-0.39, 0.29) is 12.7 Å². The molecule has 5 rings (SSSR count). The van der Waals surface area contributed by atoms with Crippen LogP contribution in [-0.2, 0) is 6.42 Å². The van der Waals surface area contributed by atoms with Gasteiger partial charge in [-0.1, -0.05) is 30.3 Å². The first kappa shape index (κ1) is 18.3. The number of hydrogen-bond donors (Lipinski definition) is 0. The Morgan fingerprint density at radius 2 is 1.76 bits per heavy atom. The maximum absolute atomic E-state index is 13.0. The average Bonchev–Trinajstić information content (AvgIpc) is 3.44. The van der Waals surface area contributed by atoms with E-state index in [9.17, 15) is 4.79 Å². The summed E-state index contributed by atoms with van der Waals surface area (Å²) in [5.41, 5.74) is 2.45. The number of carbonyl (C=O) groups excluding carboxylic acids is 1. The Morgan fingerprint density at radius 3 is 2.59 bits per heavy atom. The molecule has 0 spiro atoms. The molecule has 4 nitrogen and oxygen atoms in total. The topological polar surface area (TPSA) is 38.8 Å². The lowest BCUT2D eigenvalue weighted by atomic mass is 9.90. The number of ether oxygens (including phenoxy) is 2. The van der Waals surface area contributed by atoms with Crippen LogP contribution in [-0.4, -0.2) is 30.7 Å². The van der Waals surface area contributed by atoms with E-state index in [0.29, 0.717) is 5.92 Å². The Labute approximate surface area is 174 Å². The van der Waals surface area contributed by atoms with Crippen LogP contribution in [0.4, 0.5) is 0 Å². The summed E-state index contributed by atoms with van der Waals surface area (Å²) < 4.78 is 10.8. The Morgan fingerprint density at radius 1 is 0.966 bits per heavy atom. The fourth-order valence-corrected chi connectivity index (χ4v) is 5.07. The second kappa shape index (κ2) is 7.91. The van der Waals surface area contributed by atoms with Crippen LogP contribution < -0.4 is 9.47 Å². The van der Waals surface area contributed by atoms with E-state index in [2.05, 4.69) is 30.3 Å². The summed E-state index contributed by atoms with van der Waals surface area (Å²) in [4.78, 5) is 16.9. The fraction of sp³-hybridized carbons (Fsp3) is 0.292. The minimum absolute atomic E-state index is 0.153. The zero-order valence-corrected chi connectivity index (χ0v) is 17.0. The number of nitrogens with zero attached hydrogens (tertiary/aromatic N) is 1. The second-order valence-electron chi connectivity index (χ2n) is 7.66. The van der Waals surface area contributed by atoms with E-state index < -0.39 is 0 Å². The highest BCUT2D eigenvalue weighted by Gasteiger charge is 2.25. The Kier molecular flexibility index (Phi) is 4.98. The highest BCUT2D eigenvalue weighted by atomic mass is 32.1. The summed E-state index contributed by atoms with van der Waals surface area (Å²) in [6.07, 6.45) is 3.25. The van der Waals surface area contributed by atoms with Crippen LogP contribution in [0.15, 0.2) is 60.7 Å². The first-order valence-corrected chi connectivity index (χ1v) is 10.9. The maximum atomic E-state index is 13.0. The van der Waals surface area contributed by atoms with Gasteiger partial charge in [-0.25, -0.2) is 0 Å². The minimum atomic E-state index is 0.153. The molecule has 5 heteroatoms. The van der Waals surface area contributed by atoms with Gasteiger partial charge in [-0.2, -0.15) is 0 Å². The molecule has 1 fully saturated rings. The molecule has 0 aliphatic carbocycles. The molecule has 0 unspecified atom stereocenters. The van der Waals surface area contributed by atoms with Crippen molar-refractivity contribution in [1.82, 2.24) is 4.90 Å². The van der Waals surface area contributed by atoms with Crippen molar-refractivity contribution >= 4 is 17.2 Å². The number of rotatable bonds is 4. The van der Waals surface area contributed by atoms with Gasteiger partial charge < -0.3 is 14.4 Å². The number of hydrogen-bond acceptors (Lipinski definition) is 4. The van der Waals surface area contributed by atoms with Gasteiger partial charge in [-0.05, 0) is 66.6 Å². The van der Waals surface area contributed by atoms with Crippen molar-refractivity contribution in [3.05, 3.63) is 71.1 Å². The molecule has 3 heterocycles. The monoisotopic (exact) mass is 405 g/mol. The Balaban J connectivity index is 1.22. The fourth-order valence-electron chi connectivity index (χ4n) is 4.10. The minimum Gasteiger partial charge on any atom is -0.454 e. The highest BCUT2D eigenvalue weighted by Crippen LogP contribution is 2.38. The van der Waals surface area contributed by atoms with Gasteiger partial charge in [0.15, 0.2) is 11.5 Å². The number of benzene rings is 2. The zero-order valence-electron chi connectivity index (χ0n) is 16.2. The van der Waals surface area contributed by atoms with Gasteiger partial charge in [0.05, 0.1) is 4.88 Å². The molecule has 0 saturated carbocycles. The third kappa shape index (κ3) is 3.87. The Hall–Kier alpha value is -2.79. The van der Waals surface area contributed by atoms with Crippen molar-refractivity contribution in [2.45, 2.75) is 19.3 Å². The molecular formula is C24H23NO3S. The number of amides is 1. The molecule has 1 amide bonds. The van der Waals surface area contributed by atoms with Gasteiger partial charge in [0.2, 0.25) is 6.79 Å². The summed E-state index contributed by atoms with van der Waals surface area (Å²) in [6, 6.07) is 20.5. The van der Waals surface area contributed by atoms with Crippen molar-refractivity contribution in [3.63, 3.8) is 0 Å². The van der Waals surface area contributed by atoms with Gasteiger partial charge in [-0.15, -0.1) is 11.3 Å². The molecule has 2 aliphatic heterocycles. The number of likely N-dealkylation sites (tertiary alicyclic amines) is 1. The normalized spacial score (nSPS) is 16.2. The van der Waals surface area contributed by atoms with Gasteiger partial charge in [-0.3, -0.25) is 4.79 Å². The predicted octanol–water partition coefficient (Wildman–Crippen LogP) is 5.24. The lowest BCUT2D eigenvalue weighted by molar-refractivity contribution is 0.0695. The number of fused-ring (bicyclic) bond motifs is 1. The lowest BCUT2D eigenvalue weighted by Gasteiger charge is -2.31. The summed E-state index contributed by atoms with van der Waals surface area (Å²) in [6.45, 7) is 1.95. The number of carbonyl (C=O) groups is 1. The van der Waals surface area contributed by atoms with Gasteiger partial charge in [0.25, 0.3) is 5.91 Å². The molecule has 2 aromatic carbocycles. The van der Waals surface area contributed by atoms with Crippen LogP contribution in [0.5, 0.6) is 11.5 Å². The first-order chi connectivity index (χ1) is 14.3. The molecular weight excluding hydrogens is 382 g/mol. The third-order valence-electron chi connectivity index (χ3n) is 5.74. The van der Waals surface area contributed by atoms with E-state index >= 15 is 0 Å². The smallest absolute Gasteiger partial charge is 0.263 e. The summed E-state index contributed by atoms with van der Waals surface area (Å²) >= 11 is 1.55. The first-order valence-electron chi connectivity index (χ1n) is 10.1. The standard InChI is InChI=1S/C24H23NO3S/c26-24(25-12-10-18(11-13-25)14-17-4-2-1-3-5-17)23-9-8-22(29-23)19-6-7-20-21(15-19)28-16-27-20/h1-9,15,18H,10-14,16H2. The van der Waals surface area contributed by atoms with E-state index in [1.54, 1.807) is 11.3 Å². The number of thiophene rings is 1. The van der Waals surface area contributed by atoms with Crippen LogP contribution in [0, 0.1) is 5.92 Å². The van der Waals surface area contributed by atoms with E-state index in [1.165, 1.54) is 5.56 Å². The predicted molar refractivity (Wildman–Crippen MR) is 115 cm³/mol. The van der Waals surface area contributed by atoms with E-state index in [0.717, 1.165) is 59.2 Å². The molecule has 29 heavy (non-hydrogen) atoms. The molecule has 2 aliphatic rings. The van der Waals surface area contributed by atoms with Crippen molar-refractivity contribution in [2.24, 2.45) is 5.92 Å². The molecule has 1 aromatic heterocycles. The van der Waals surface area contributed by atoms with Crippen LogP contribution in [0.1, 0.15) is 28.1 Å². The van der Waals surface area contributed by atoms with Crippen LogP contribution in [0.3, 0.4) is 0 Å². The summed E-state index contributed by atoms with van der Waals surface area (Å²) in [7, 11) is 0. The largest absolute Gasteiger partial charge is 0.454 e. The summed E-state index contributed by atoms with van der Waals surface area (Å²) in [5, 5.41) is 0. The van der Waals surface area contributed by atoms with E-state index in [1.807, 2.05) is 35.2 Å². The molecule has 0 radical (unpaired) electrons. The van der Waals surface area contributed by atoms with Crippen molar-refractivity contribution in [1.29, 1.82) is 0 Å². The van der Waals surface area contributed by atoms with Crippen molar-refractivity contribution in [2.75, 3.05) is 19.9 Å². The molecule has 3 aromatic rings. The van der Waals surface area contributed by atoms with E-state index in [4.69, 9.17) is 9.47 Å². The molecule has 148 valence electrons. The second-order valence-corrected chi connectivity index (χ2v) is 8.74. The Bertz CT molecular complexity index is 1010. The molecule has 0 N–H and O–H groups in total. The SMILES string of the molecule is O=C(c1ccc(-c2ccc3c(c2)OCO3)s1)N1CCC(Cc2ccccc2)CC1. The molecule has 0 bridgehead atoms. The zero-order chi connectivity index (χ0) is 19.6. The maximum Gasteiger partial charge on any atom is 0.263 e. The number of piperidine rings is 1. The van der Waals surface area contributed by atoms with Crippen LogP contribution in [0.25, 0.3) is 10.4 Å². The van der Waals surface area contributed by atoms with Crippen LogP contribution in [0.2, 0.25) is 0 Å². The average molecular weight is 406 g/mol. The van der Waals surface area contributed by atoms with Gasteiger partial charge in [0, 0.05) is 18.0 Å². The third-order valence-corrected chi connectivity index (χ3v) is 6.87. The van der Waals surface area contributed by atoms with Crippen LogP contribution >= 0.6 is 11.3 Å². The lowest BCUT2D eigenvalue weighted by Crippen LogP contribution is -2.38. The highest BCUT2D eigenvalue weighted by molar-refractivity contribution is 7.17. The quantitative estimate of drug-likeness (QED) is 0.596. The van der Waals surface area contributed by atoms with Gasteiger partial charge in [0.1, 0.15) is 0 Å². The molecule has 1 saturated heterocycles. The van der Waals surface area contributed by atoms with Crippen molar-refractivity contribution in [3.8, 4) is 21.9 Å². The van der Waals surface area contributed by atoms with Crippen molar-refractivity contribution < 1.29 is 14.3 Å². The summed E-state index contributed by atoms with van der Waals surface area (Å²) in [5.74, 6) is 2.36. The molecule has 0 atom stereocenters.